The van der Waals surface area contributed by atoms with E-state index in [9.17, 15) is 13.2 Å². The van der Waals surface area contributed by atoms with Crippen molar-refractivity contribution in [2.24, 2.45) is 10.9 Å². The van der Waals surface area contributed by atoms with E-state index in [1.165, 1.54) is 0 Å². The number of rotatable bonds is 4. The molecule has 6 nitrogen and oxygen atoms in total. The predicted molar refractivity (Wildman–Crippen MR) is 47.1 cm³/mol. The van der Waals surface area contributed by atoms with Crippen LogP contribution in [0.25, 0.3) is 0 Å². The molecule has 0 spiro atoms. The van der Waals surface area contributed by atoms with Crippen LogP contribution < -0.4 is 16.2 Å². The molecule has 1 amide bonds. The lowest BCUT2D eigenvalue weighted by Gasteiger charge is -2.08. The molecule has 1 fully saturated rings. The number of amides is 1. The van der Waals surface area contributed by atoms with E-state index in [4.69, 9.17) is 10.9 Å². The minimum Gasteiger partial charge on any atom is -0.353 e. The van der Waals surface area contributed by atoms with Crippen LogP contribution in [-0.2, 0) is 14.8 Å². The standard InChI is InChI=1S/C6H13N3O3S/c7-6(1-2-6)5(10)9-3-4-13(8,11)12/h1-4,7H2,(H,9,10)(H2,8,11,12). The first-order valence-corrected chi connectivity index (χ1v) is 5.63. The maximum atomic E-state index is 11.1. The molecule has 0 heterocycles. The van der Waals surface area contributed by atoms with Crippen molar-refractivity contribution in [3.05, 3.63) is 0 Å². The molecular formula is C6H13N3O3S. The molecule has 13 heavy (non-hydrogen) atoms. The Morgan fingerprint density at radius 3 is 2.38 bits per heavy atom. The number of carbonyl (C=O) groups is 1. The Kier molecular flexibility index (Phi) is 2.60. The first-order valence-electron chi connectivity index (χ1n) is 3.91. The van der Waals surface area contributed by atoms with E-state index in [0.29, 0.717) is 12.8 Å². The Hall–Kier alpha value is -0.660. The molecule has 76 valence electrons. The predicted octanol–water partition coefficient (Wildman–Crippen LogP) is -2.12. The topological polar surface area (TPSA) is 115 Å². The third kappa shape index (κ3) is 3.29. The van der Waals surface area contributed by atoms with Crippen molar-refractivity contribution in [3.63, 3.8) is 0 Å². The van der Waals surface area contributed by atoms with Gasteiger partial charge in [-0.25, -0.2) is 13.6 Å². The zero-order valence-corrected chi connectivity index (χ0v) is 7.93. The highest BCUT2D eigenvalue weighted by Gasteiger charge is 2.45. The molecule has 0 radical (unpaired) electrons. The summed E-state index contributed by atoms with van der Waals surface area (Å²) in [5.41, 5.74) is 4.80. The summed E-state index contributed by atoms with van der Waals surface area (Å²) in [6, 6.07) is 0. The molecule has 1 saturated carbocycles. The van der Waals surface area contributed by atoms with Crippen molar-refractivity contribution in [1.29, 1.82) is 0 Å². The fourth-order valence-corrected chi connectivity index (χ4v) is 1.23. The maximum absolute atomic E-state index is 11.1. The second kappa shape index (κ2) is 3.24. The van der Waals surface area contributed by atoms with Gasteiger partial charge in [-0.05, 0) is 12.8 Å². The van der Waals surface area contributed by atoms with Gasteiger partial charge in [-0.1, -0.05) is 0 Å². The van der Waals surface area contributed by atoms with Crippen molar-refractivity contribution < 1.29 is 13.2 Å². The average molecular weight is 207 g/mol. The van der Waals surface area contributed by atoms with E-state index < -0.39 is 15.6 Å². The fourth-order valence-electron chi connectivity index (χ4n) is 0.845. The van der Waals surface area contributed by atoms with E-state index in [0.717, 1.165) is 0 Å². The average Bonchev–Trinajstić information content (AvgIpc) is 2.66. The molecule has 1 rings (SSSR count). The van der Waals surface area contributed by atoms with Gasteiger partial charge in [-0.3, -0.25) is 4.79 Å². The van der Waals surface area contributed by atoms with E-state index in [1.807, 2.05) is 0 Å². The molecule has 1 aliphatic rings. The first kappa shape index (κ1) is 10.4. The van der Waals surface area contributed by atoms with Crippen molar-refractivity contribution in [2.75, 3.05) is 12.3 Å². The summed E-state index contributed by atoms with van der Waals surface area (Å²) >= 11 is 0. The van der Waals surface area contributed by atoms with E-state index in [-0.39, 0.29) is 18.2 Å². The lowest BCUT2D eigenvalue weighted by Crippen LogP contribution is -2.44. The Morgan fingerprint density at radius 1 is 1.46 bits per heavy atom. The minimum atomic E-state index is -3.50. The molecule has 0 aromatic heterocycles. The van der Waals surface area contributed by atoms with Gasteiger partial charge in [0.2, 0.25) is 15.9 Å². The SMILES string of the molecule is NC1(C(=O)NCCS(N)(=O)=O)CC1. The molecule has 1 aliphatic carbocycles. The van der Waals surface area contributed by atoms with Gasteiger partial charge in [-0.2, -0.15) is 0 Å². The summed E-state index contributed by atoms with van der Waals surface area (Å²) in [4.78, 5) is 11.1. The van der Waals surface area contributed by atoms with Crippen LogP contribution in [0.2, 0.25) is 0 Å². The Bertz CT molecular complexity index is 307. The molecular weight excluding hydrogens is 194 g/mol. The van der Waals surface area contributed by atoms with Gasteiger partial charge in [0.1, 0.15) is 0 Å². The van der Waals surface area contributed by atoms with Gasteiger partial charge in [0.15, 0.2) is 0 Å². The largest absolute Gasteiger partial charge is 0.353 e. The minimum absolute atomic E-state index is 0.0244. The van der Waals surface area contributed by atoms with Gasteiger partial charge in [0, 0.05) is 6.54 Å². The molecule has 0 aromatic carbocycles. The van der Waals surface area contributed by atoms with Crippen LogP contribution in [0.15, 0.2) is 0 Å². The lowest BCUT2D eigenvalue weighted by molar-refractivity contribution is -0.123. The summed E-state index contributed by atoms with van der Waals surface area (Å²) in [5, 5.41) is 7.15. The van der Waals surface area contributed by atoms with E-state index >= 15 is 0 Å². The monoisotopic (exact) mass is 207 g/mol. The van der Waals surface area contributed by atoms with Crippen LogP contribution in [0.1, 0.15) is 12.8 Å². The number of nitrogens with two attached hydrogens (primary N) is 2. The van der Waals surface area contributed by atoms with Gasteiger partial charge < -0.3 is 11.1 Å². The summed E-state index contributed by atoms with van der Waals surface area (Å²) in [7, 11) is -3.50. The third-order valence-corrected chi connectivity index (χ3v) is 2.69. The number of sulfonamides is 1. The molecule has 0 bridgehead atoms. The zero-order valence-electron chi connectivity index (χ0n) is 7.12. The highest BCUT2D eigenvalue weighted by Crippen LogP contribution is 2.31. The quantitative estimate of drug-likeness (QED) is 0.489. The molecule has 0 aliphatic heterocycles. The zero-order chi connectivity index (χ0) is 10.1. The third-order valence-electron chi connectivity index (χ3n) is 1.91. The van der Waals surface area contributed by atoms with Crippen LogP contribution in [0.5, 0.6) is 0 Å². The molecule has 7 heteroatoms. The van der Waals surface area contributed by atoms with E-state index in [1.54, 1.807) is 0 Å². The van der Waals surface area contributed by atoms with Crippen molar-refractivity contribution in [2.45, 2.75) is 18.4 Å². The van der Waals surface area contributed by atoms with Crippen LogP contribution in [-0.4, -0.2) is 32.2 Å². The smallest absolute Gasteiger partial charge is 0.240 e. The van der Waals surface area contributed by atoms with Crippen LogP contribution >= 0.6 is 0 Å². The molecule has 0 aromatic rings. The molecule has 0 saturated heterocycles. The Balaban J connectivity index is 2.24. The number of nitrogens with one attached hydrogen (secondary N) is 1. The normalized spacial score (nSPS) is 19.5. The lowest BCUT2D eigenvalue weighted by atomic mass is 10.3. The Labute approximate surface area is 76.7 Å². The summed E-state index contributed by atoms with van der Waals surface area (Å²) in [6.07, 6.45) is 1.32. The van der Waals surface area contributed by atoms with Crippen molar-refractivity contribution in [1.82, 2.24) is 5.32 Å². The van der Waals surface area contributed by atoms with Crippen molar-refractivity contribution >= 4 is 15.9 Å². The van der Waals surface area contributed by atoms with Gasteiger partial charge in [0.25, 0.3) is 0 Å². The highest BCUT2D eigenvalue weighted by atomic mass is 32.2. The number of carbonyl (C=O) groups excluding carboxylic acids is 1. The van der Waals surface area contributed by atoms with Gasteiger partial charge in [0.05, 0.1) is 11.3 Å². The first-order chi connectivity index (χ1) is 5.83. The second-order valence-electron chi connectivity index (χ2n) is 3.28. The van der Waals surface area contributed by atoms with Crippen LogP contribution in [0, 0.1) is 0 Å². The number of hydrogen-bond donors (Lipinski definition) is 3. The van der Waals surface area contributed by atoms with Gasteiger partial charge >= 0.3 is 0 Å². The highest BCUT2D eigenvalue weighted by molar-refractivity contribution is 7.89. The van der Waals surface area contributed by atoms with Gasteiger partial charge in [-0.15, -0.1) is 0 Å². The summed E-state index contributed by atoms with van der Waals surface area (Å²) < 4.78 is 20.9. The Morgan fingerprint density at radius 2 is 2.00 bits per heavy atom. The van der Waals surface area contributed by atoms with Crippen LogP contribution in [0.3, 0.4) is 0 Å². The summed E-state index contributed by atoms with van der Waals surface area (Å²) in [5.74, 6) is -0.550. The molecule has 5 N–H and O–H groups in total. The number of primary sulfonamides is 1. The molecule has 0 unspecified atom stereocenters. The van der Waals surface area contributed by atoms with Crippen molar-refractivity contribution in [3.8, 4) is 0 Å². The molecule has 0 atom stereocenters. The number of hydrogen-bond acceptors (Lipinski definition) is 4. The van der Waals surface area contributed by atoms with Crippen LogP contribution in [0.4, 0.5) is 0 Å². The van der Waals surface area contributed by atoms with E-state index in [2.05, 4.69) is 5.32 Å². The maximum Gasteiger partial charge on any atom is 0.240 e. The summed E-state index contributed by atoms with van der Waals surface area (Å²) in [6.45, 7) is 0.0244. The fraction of sp³-hybridized carbons (Fsp3) is 0.833. The second-order valence-corrected chi connectivity index (χ2v) is 5.01.